The molecule has 0 aliphatic carbocycles. The van der Waals surface area contributed by atoms with Crippen molar-refractivity contribution in [2.75, 3.05) is 6.79 Å². The molecule has 3 rings (SSSR count). The zero-order chi connectivity index (χ0) is 14.7. The Morgan fingerprint density at radius 2 is 1.95 bits per heavy atom. The van der Waals surface area contributed by atoms with Gasteiger partial charge in [-0.2, -0.15) is 5.26 Å². The van der Waals surface area contributed by atoms with E-state index in [0.29, 0.717) is 12.4 Å². The van der Waals surface area contributed by atoms with E-state index in [1.54, 1.807) is 0 Å². The molecule has 1 heterocycles. The van der Waals surface area contributed by atoms with Gasteiger partial charge in [-0.05, 0) is 47.9 Å². The quantitative estimate of drug-likeness (QED) is 0.935. The number of rotatable bonds is 4. The summed E-state index contributed by atoms with van der Waals surface area (Å²) in [7, 11) is 0. The lowest BCUT2D eigenvalue weighted by molar-refractivity contribution is 0.174. The van der Waals surface area contributed by atoms with E-state index in [9.17, 15) is 0 Å². The van der Waals surface area contributed by atoms with E-state index in [1.807, 2.05) is 43.3 Å². The number of nitrogens with one attached hydrogen (secondary N) is 1. The Balaban J connectivity index is 1.60. The number of benzene rings is 2. The molecule has 2 aromatic carbocycles. The predicted molar refractivity (Wildman–Crippen MR) is 79.0 cm³/mol. The third-order valence-corrected chi connectivity index (χ3v) is 3.55. The third-order valence-electron chi connectivity index (χ3n) is 3.55. The first-order chi connectivity index (χ1) is 10.3. The zero-order valence-corrected chi connectivity index (χ0v) is 11.8. The topological polar surface area (TPSA) is 54.3 Å². The van der Waals surface area contributed by atoms with Crippen LogP contribution in [0.3, 0.4) is 0 Å². The fourth-order valence-electron chi connectivity index (χ4n) is 2.36. The van der Waals surface area contributed by atoms with Gasteiger partial charge in [-0.3, -0.25) is 0 Å². The fourth-order valence-corrected chi connectivity index (χ4v) is 2.36. The number of ether oxygens (including phenoxy) is 2. The molecule has 1 aliphatic heterocycles. The first-order valence-electron chi connectivity index (χ1n) is 6.85. The lowest BCUT2D eigenvalue weighted by Gasteiger charge is -2.09. The number of aryl methyl sites for hydroxylation is 1. The van der Waals surface area contributed by atoms with E-state index in [1.165, 1.54) is 5.56 Å². The molecule has 4 heteroatoms. The van der Waals surface area contributed by atoms with Gasteiger partial charge in [-0.25, -0.2) is 0 Å². The van der Waals surface area contributed by atoms with Gasteiger partial charge >= 0.3 is 0 Å². The maximum Gasteiger partial charge on any atom is 0.231 e. The van der Waals surface area contributed by atoms with Crippen LogP contribution in [-0.4, -0.2) is 6.79 Å². The summed E-state index contributed by atoms with van der Waals surface area (Å²) in [5.41, 5.74) is 4.19. The number of nitrogens with zero attached hydrogens (tertiary/aromatic N) is 1. The third kappa shape index (κ3) is 2.99. The molecule has 0 fully saturated rings. The number of nitriles is 1. The molecule has 0 atom stereocenters. The highest BCUT2D eigenvalue weighted by Gasteiger charge is 2.12. The van der Waals surface area contributed by atoms with E-state index in [2.05, 4.69) is 11.4 Å². The second-order valence-electron chi connectivity index (χ2n) is 5.04. The Hall–Kier alpha value is -2.51. The summed E-state index contributed by atoms with van der Waals surface area (Å²) in [5, 5.41) is 12.3. The Bertz CT molecular complexity index is 704. The highest BCUT2D eigenvalue weighted by molar-refractivity contribution is 5.44. The van der Waals surface area contributed by atoms with Gasteiger partial charge in [0.1, 0.15) is 0 Å². The van der Waals surface area contributed by atoms with Crippen LogP contribution in [0.1, 0.15) is 22.3 Å². The summed E-state index contributed by atoms with van der Waals surface area (Å²) in [6, 6.07) is 13.9. The van der Waals surface area contributed by atoms with Crippen LogP contribution < -0.4 is 14.8 Å². The largest absolute Gasteiger partial charge is 0.454 e. The maximum atomic E-state index is 8.87. The molecule has 0 unspecified atom stereocenters. The average Bonchev–Trinajstić information content (AvgIpc) is 2.96. The van der Waals surface area contributed by atoms with Crippen LogP contribution >= 0.6 is 0 Å². The van der Waals surface area contributed by atoms with Crippen LogP contribution in [0.4, 0.5) is 0 Å². The van der Waals surface area contributed by atoms with Crippen molar-refractivity contribution in [1.82, 2.24) is 5.32 Å². The minimum atomic E-state index is 0.302. The van der Waals surface area contributed by atoms with Crippen molar-refractivity contribution in [2.45, 2.75) is 20.0 Å². The molecule has 106 valence electrons. The van der Waals surface area contributed by atoms with Crippen LogP contribution in [0.25, 0.3) is 0 Å². The highest BCUT2D eigenvalue weighted by Crippen LogP contribution is 2.32. The molecular formula is C17H16N2O2. The van der Waals surface area contributed by atoms with Crippen molar-refractivity contribution in [1.29, 1.82) is 5.26 Å². The Morgan fingerprint density at radius 1 is 1.10 bits per heavy atom. The van der Waals surface area contributed by atoms with E-state index >= 15 is 0 Å². The molecule has 2 aromatic rings. The number of fused-ring (bicyclic) bond motifs is 1. The zero-order valence-electron chi connectivity index (χ0n) is 11.8. The predicted octanol–water partition coefficient (Wildman–Crippen LogP) is 2.89. The molecule has 4 nitrogen and oxygen atoms in total. The minimum Gasteiger partial charge on any atom is -0.454 e. The number of hydrogen-bond acceptors (Lipinski definition) is 4. The smallest absolute Gasteiger partial charge is 0.231 e. The van der Waals surface area contributed by atoms with Crippen molar-refractivity contribution in [3.05, 3.63) is 58.7 Å². The number of hydrogen-bond donors (Lipinski definition) is 1. The molecule has 0 saturated heterocycles. The van der Waals surface area contributed by atoms with Crippen molar-refractivity contribution < 1.29 is 9.47 Å². The van der Waals surface area contributed by atoms with Gasteiger partial charge < -0.3 is 14.8 Å². The minimum absolute atomic E-state index is 0.302. The monoisotopic (exact) mass is 280 g/mol. The van der Waals surface area contributed by atoms with Gasteiger partial charge in [0.2, 0.25) is 6.79 Å². The van der Waals surface area contributed by atoms with Crippen LogP contribution in [-0.2, 0) is 13.1 Å². The van der Waals surface area contributed by atoms with Gasteiger partial charge in [-0.15, -0.1) is 0 Å². The van der Waals surface area contributed by atoms with Crippen molar-refractivity contribution in [3.63, 3.8) is 0 Å². The van der Waals surface area contributed by atoms with Gasteiger partial charge in [-0.1, -0.05) is 12.1 Å². The van der Waals surface area contributed by atoms with Crippen LogP contribution in [0, 0.1) is 18.3 Å². The molecule has 0 aromatic heterocycles. The van der Waals surface area contributed by atoms with Crippen LogP contribution in [0.15, 0.2) is 36.4 Å². The van der Waals surface area contributed by atoms with E-state index in [4.69, 9.17) is 14.7 Å². The summed E-state index contributed by atoms with van der Waals surface area (Å²) < 4.78 is 10.7. The molecule has 21 heavy (non-hydrogen) atoms. The summed E-state index contributed by atoms with van der Waals surface area (Å²) in [6.07, 6.45) is 0. The molecule has 1 N–H and O–H groups in total. The average molecular weight is 280 g/mol. The van der Waals surface area contributed by atoms with E-state index in [-0.39, 0.29) is 0 Å². The molecule has 0 spiro atoms. The standard InChI is InChI=1S/C17H16N2O2/c1-12-6-13(8-18)2-4-15(12)10-19-9-14-3-5-16-17(7-14)21-11-20-16/h2-7,19H,9-11H2,1H3. The maximum absolute atomic E-state index is 8.87. The Morgan fingerprint density at radius 3 is 2.76 bits per heavy atom. The summed E-state index contributed by atoms with van der Waals surface area (Å²) in [6.45, 7) is 3.86. The molecule has 0 amide bonds. The molecular weight excluding hydrogens is 264 g/mol. The van der Waals surface area contributed by atoms with Gasteiger partial charge in [0.05, 0.1) is 11.6 Å². The van der Waals surface area contributed by atoms with Crippen molar-refractivity contribution >= 4 is 0 Å². The van der Waals surface area contributed by atoms with Crippen LogP contribution in [0.5, 0.6) is 11.5 Å². The molecule has 0 bridgehead atoms. The fraction of sp³-hybridized carbons (Fsp3) is 0.235. The summed E-state index contributed by atoms with van der Waals surface area (Å²) >= 11 is 0. The first-order valence-corrected chi connectivity index (χ1v) is 6.85. The second-order valence-corrected chi connectivity index (χ2v) is 5.04. The van der Waals surface area contributed by atoms with Crippen LogP contribution in [0.2, 0.25) is 0 Å². The summed E-state index contributed by atoms with van der Waals surface area (Å²) in [4.78, 5) is 0. The normalized spacial score (nSPS) is 12.2. The van der Waals surface area contributed by atoms with Crippen molar-refractivity contribution in [2.24, 2.45) is 0 Å². The molecule has 1 aliphatic rings. The SMILES string of the molecule is Cc1cc(C#N)ccc1CNCc1ccc2c(c1)OCO2. The van der Waals surface area contributed by atoms with Crippen molar-refractivity contribution in [3.8, 4) is 17.6 Å². The lowest BCUT2D eigenvalue weighted by Crippen LogP contribution is -2.13. The van der Waals surface area contributed by atoms with E-state index < -0.39 is 0 Å². The van der Waals surface area contributed by atoms with Gasteiger partial charge in [0.25, 0.3) is 0 Å². The molecule has 0 radical (unpaired) electrons. The van der Waals surface area contributed by atoms with E-state index in [0.717, 1.165) is 35.7 Å². The Labute approximate surface area is 123 Å². The highest BCUT2D eigenvalue weighted by atomic mass is 16.7. The summed E-state index contributed by atoms with van der Waals surface area (Å²) in [5.74, 6) is 1.62. The first kappa shape index (κ1) is 13.5. The van der Waals surface area contributed by atoms with Gasteiger partial charge in [0.15, 0.2) is 11.5 Å². The molecule has 0 saturated carbocycles. The van der Waals surface area contributed by atoms with Gasteiger partial charge in [0, 0.05) is 13.1 Å². The lowest BCUT2D eigenvalue weighted by atomic mass is 10.1. The second kappa shape index (κ2) is 5.86. The Kier molecular flexibility index (Phi) is 3.76.